The molecule has 0 saturated heterocycles. The second-order valence-corrected chi connectivity index (χ2v) is 4.00. The van der Waals surface area contributed by atoms with Gasteiger partial charge in [-0.05, 0) is 12.0 Å². The van der Waals surface area contributed by atoms with E-state index in [-0.39, 0.29) is 5.41 Å². The van der Waals surface area contributed by atoms with Gasteiger partial charge in [0.25, 0.3) is 0 Å². The van der Waals surface area contributed by atoms with E-state index >= 15 is 0 Å². The van der Waals surface area contributed by atoms with Crippen molar-refractivity contribution in [2.75, 3.05) is 13.7 Å². The highest BCUT2D eigenvalue weighted by Gasteiger charge is 2.11. The number of rotatable bonds is 3. The van der Waals surface area contributed by atoms with Crippen LogP contribution in [-0.2, 0) is 4.74 Å². The summed E-state index contributed by atoms with van der Waals surface area (Å²) in [4.78, 5) is 0. The Labute approximate surface area is 80.8 Å². The highest BCUT2D eigenvalue weighted by atomic mass is 16.5. The van der Waals surface area contributed by atoms with Crippen LogP contribution in [0.3, 0.4) is 0 Å². The predicted octanol–water partition coefficient (Wildman–Crippen LogP) is 3.10. The van der Waals surface area contributed by atoms with Gasteiger partial charge in [-0.2, -0.15) is 0 Å². The summed E-state index contributed by atoms with van der Waals surface area (Å²) in [5.41, 5.74) is 1.53. The molecular formula is C12H18O. The topological polar surface area (TPSA) is 9.23 Å². The lowest BCUT2D eigenvalue weighted by Crippen LogP contribution is -2.03. The Kier molecular flexibility index (Phi) is 3.49. The zero-order chi connectivity index (χ0) is 9.73. The summed E-state index contributed by atoms with van der Waals surface area (Å²) >= 11 is 0. The molecule has 0 saturated carbocycles. The molecule has 0 atom stereocenters. The lowest BCUT2D eigenvalue weighted by molar-refractivity contribution is 0.202. The van der Waals surface area contributed by atoms with Crippen molar-refractivity contribution >= 4 is 0 Å². The van der Waals surface area contributed by atoms with Crippen molar-refractivity contribution < 1.29 is 4.74 Å². The van der Waals surface area contributed by atoms with E-state index in [0.717, 1.165) is 13.0 Å². The van der Waals surface area contributed by atoms with Crippen LogP contribution >= 0.6 is 0 Å². The van der Waals surface area contributed by atoms with Gasteiger partial charge in [0, 0.05) is 12.5 Å². The van der Waals surface area contributed by atoms with Crippen LogP contribution in [0.25, 0.3) is 0 Å². The minimum Gasteiger partial charge on any atom is -0.384 e. The maximum Gasteiger partial charge on any atom is 0.0502 e. The van der Waals surface area contributed by atoms with Gasteiger partial charge in [0.2, 0.25) is 0 Å². The first-order chi connectivity index (χ1) is 6.14. The maximum atomic E-state index is 5.06. The quantitative estimate of drug-likeness (QED) is 0.645. The van der Waals surface area contributed by atoms with Gasteiger partial charge >= 0.3 is 0 Å². The van der Waals surface area contributed by atoms with E-state index in [9.17, 15) is 0 Å². The second kappa shape index (κ2) is 4.43. The standard InChI is InChI=1S/C12H18O/c1-12(2)8-5-4-6-11(10-12)7-9-13-3/h4-6,8,10H,7,9H2,1-3H3. The zero-order valence-corrected chi connectivity index (χ0v) is 8.71. The van der Waals surface area contributed by atoms with Crippen LogP contribution in [0.1, 0.15) is 20.3 Å². The molecule has 0 aromatic carbocycles. The van der Waals surface area contributed by atoms with Gasteiger partial charge in [-0.15, -0.1) is 0 Å². The molecule has 1 aliphatic rings. The van der Waals surface area contributed by atoms with Crippen LogP contribution in [0.2, 0.25) is 0 Å². The molecule has 1 nitrogen and oxygen atoms in total. The van der Waals surface area contributed by atoms with Gasteiger partial charge in [0.1, 0.15) is 0 Å². The third-order valence-electron chi connectivity index (χ3n) is 2.10. The molecule has 1 aliphatic carbocycles. The molecule has 13 heavy (non-hydrogen) atoms. The molecule has 72 valence electrons. The first-order valence-corrected chi connectivity index (χ1v) is 4.71. The maximum absolute atomic E-state index is 5.06. The molecule has 0 radical (unpaired) electrons. The van der Waals surface area contributed by atoms with Gasteiger partial charge < -0.3 is 4.74 Å². The van der Waals surface area contributed by atoms with E-state index < -0.39 is 0 Å². The van der Waals surface area contributed by atoms with E-state index in [1.54, 1.807) is 7.11 Å². The minimum absolute atomic E-state index is 0.173. The molecule has 0 aliphatic heterocycles. The van der Waals surface area contributed by atoms with Crippen molar-refractivity contribution in [1.82, 2.24) is 0 Å². The van der Waals surface area contributed by atoms with Crippen molar-refractivity contribution in [3.63, 3.8) is 0 Å². The molecule has 0 heterocycles. The fourth-order valence-electron chi connectivity index (χ4n) is 1.43. The predicted molar refractivity (Wildman–Crippen MR) is 56.6 cm³/mol. The smallest absolute Gasteiger partial charge is 0.0502 e. The molecule has 0 unspecified atom stereocenters. The van der Waals surface area contributed by atoms with Gasteiger partial charge in [0.15, 0.2) is 0 Å². The van der Waals surface area contributed by atoms with Gasteiger partial charge in [-0.1, -0.05) is 44.2 Å². The van der Waals surface area contributed by atoms with E-state index in [1.165, 1.54) is 5.57 Å². The Bertz CT molecular complexity index is 244. The molecule has 0 amide bonds. The van der Waals surface area contributed by atoms with Crippen molar-refractivity contribution in [3.8, 4) is 0 Å². The van der Waals surface area contributed by atoms with Crippen LogP contribution in [-0.4, -0.2) is 13.7 Å². The summed E-state index contributed by atoms with van der Waals surface area (Å²) in [6.07, 6.45) is 11.9. The number of ether oxygens (including phenoxy) is 1. The van der Waals surface area contributed by atoms with Crippen molar-refractivity contribution in [3.05, 3.63) is 36.0 Å². The normalized spacial score (nSPS) is 19.8. The SMILES string of the molecule is COCCC1=CC(C)(C)C=CC=C1. The Balaban J connectivity index is 2.67. The summed E-state index contributed by atoms with van der Waals surface area (Å²) in [7, 11) is 1.74. The van der Waals surface area contributed by atoms with Crippen LogP contribution in [0.5, 0.6) is 0 Å². The molecule has 0 fully saturated rings. The number of methoxy groups -OCH3 is 1. The lowest BCUT2D eigenvalue weighted by atomic mass is 9.91. The summed E-state index contributed by atoms with van der Waals surface area (Å²) in [6, 6.07) is 0. The van der Waals surface area contributed by atoms with Crippen molar-refractivity contribution in [2.24, 2.45) is 5.41 Å². The van der Waals surface area contributed by atoms with Crippen LogP contribution in [0, 0.1) is 5.41 Å². The number of allylic oxidation sites excluding steroid dienone is 5. The summed E-state index contributed by atoms with van der Waals surface area (Å²) < 4.78 is 5.06. The van der Waals surface area contributed by atoms with E-state index in [2.05, 4.69) is 44.2 Å². The molecular weight excluding hydrogens is 160 g/mol. The van der Waals surface area contributed by atoms with Crippen LogP contribution in [0.4, 0.5) is 0 Å². The molecule has 1 heteroatoms. The second-order valence-electron chi connectivity index (χ2n) is 4.00. The fourth-order valence-corrected chi connectivity index (χ4v) is 1.43. The third kappa shape index (κ3) is 3.60. The molecule has 0 N–H and O–H groups in total. The molecule has 1 rings (SSSR count). The summed E-state index contributed by atoms with van der Waals surface area (Å²) in [5.74, 6) is 0. The molecule has 0 spiro atoms. The third-order valence-corrected chi connectivity index (χ3v) is 2.10. The van der Waals surface area contributed by atoms with E-state index in [0.29, 0.717) is 0 Å². The average molecular weight is 178 g/mol. The van der Waals surface area contributed by atoms with Crippen molar-refractivity contribution in [1.29, 1.82) is 0 Å². The Morgan fingerprint density at radius 3 is 2.77 bits per heavy atom. The van der Waals surface area contributed by atoms with Gasteiger partial charge in [-0.25, -0.2) is 0 Å². The largest absolute Gasteiger partial charge is 0.384 e. The van der Waals surface area contributed by atoms with E-state index in [1.807, 2.05) is 0 Å². The van der Waals surface area contributed by atoms with Crippen LogP contribution in [0.15, 0.2) is 36.0 Å². The first kappa shape index (κ1) is 10.3. The molecule has 0 bridgehead atoms. The highest BCUT2D eigenvalue weighted by Crippen LogP contribution is 2.25. The van der Waals surface area contributed by atoms with Gasteiger partial charge in [0.05, 0.1) is 6.61 Å². The first-order valence-electron chi connectivity index (χ1n) is 4.71. The van der Waals surface area contributed by atoms with E-state index in [4.69, 9.17) is 4.74 Å². The Morgan fingerprint density at radius 2 is 2.08 bits per heavy atom. The Morgan fingerprint density at radius 1 is 1.31 bits per heavy atom. The minimum atomic E-state index is 0.173. The Hall–Kier alpha value is -0.820. The summed E-state index contributed by atoms with van der Waals surface area (Å²) in [5, 5.41) is 0. The zero-order valence-electron chi connectivity index (χ0n) is 8.71. The van der Waals surface area contributed by atoms with Crippen molar-refractivity contribution in [2.45, 2.75) is 20.3 Å². The average Bonchev–Trinajstić information content (AvgIpc) is 2.22. The molecule has 0 aromatic rings. The van der Waals surface area contributed by atoms with Gasteiger partial charge in [-0.3, -0.25) is 0 Å². The highest BCUT2D eigenvalue weighted by molar-refractivity contribution is 5.30. The number of hydrogen-bond donors (Lipinski definition) is 0. The molecule has 0 aromatic heterocycles. The number of hydrogen-bond acceptors (Lipinski definition) is 1. The fraction of sp³-hybridized carbons (Fsp3) is 0.500. The summed E-state index contributed by atoms with van der Waals surface area (Å²) in [6.45, 7) is 5.22. The van der Waals surface area contributed by atoms with Crippen LogP contribution < -0.4 is 0 Å². The lowest BCUT2D eigenvalue weighted by Gasteiger charge is -2.15. The monoisotopic (exact) mass is 178 g/mol.